The molecule has 60 valence electrons. The van der Waals surface area contributed by atoms with E-state index in [2.05, 4.69) is 12.2 Å². The van der Waals surface area contributed by atoms with E-state index in [1.54, 1.807) is 7.05 Å². The van der Waals surface area contributed by atoms with Crippen LogP contribution in [0.3, 0.4) is 0 Å². The van der Waals surface area contributed by atoms with Crippen molar-refractivity contribution < 1.29 is 9.53 Å². The maximum absolute atomic E-state index is 10.5. The van der Waals surface area contributed by atoms with E-state index in [4.69, 9.17) is 4.74 Å². The van der Waals surface area contributed by atoms with Crippen LogP contribution in [-0.4, -0.2) is 19.7 Å². The lowest BCUT2D eigenvalue weighted by atomic mass is 10.1. The summed E-state index contributed by atoms with van der Waals surface area (Å²) in [6.45, 7) is 4.62. The Bertz CT molecular complexity index is 104. The second-order valence-corrected chi connectivity index (χ2v) is 2.36. The molecule has 0 aliphatic carbocycles. The Morgan fingerprint density at radius 3 is 2.70 bits per heavy atom. The summed E-state index contributed by atoms with van der Waals surface area (Å²) in [5.41, 5.74) is 0. The van der Waals surface area contributed by atoms with Gasteiger partial charge in [-0.3, -0.25) is 0 Å². The Morgan fingerprint density at radius 1 is 1.70 bits per heavy atom. The molecule has 0 aromatic heterocycles. The number of ether oxygens (including phenoxy) is 1. The van der Waals surface area contributed by atoms with Gasteiger partial charge in [0.25, 0.3) is 0 Å². The van der Waals surface area contributed by atoms with E-state index in [0.29, 0.717) is 12.5 Å². The van der Waals surface area contributed by atoms with Gasteiger partial charge in [0.15, 0.2) is 0 Å². The molecule has 0 aromatic rings. The van der Waals surface area contributed by atoms with Gasteiger partial charge in [-0.05, 0) is 5.92 Å². The van der Waals surface area contributed by atoms with Crippen LogP contribution < -0.4 is 5.32 Å². The summed E-state index contributed by atoms with van der Waals surface area (Å²) < 4.78 is 4.79. The highest BCUT2D eigenvalue weighted by Crippen LogP contribution is 1.99. The summed E-state index contributed by atoms with van der Waals surface area (Å²) in [4.78, 5) is 10.5. The molecule has 0 spiro atoms. The lowest BCUT2D eigenvalue weighted by Crippen LogP contribution is -2.21. The highest BCUT2D eigenvalue weighted by molar-refractivity contribution is 5.66. The van der Waals surface area contributed by atoms with Gasteiger partial charge in [-0.15, -0.1) is 0 Å². The maximum atomic E-state index is 10.5. The topological polar surface area (TPSA) is 38.3 Å². The van der Waals surface area contributed by atoms with Gasteiger partial charge < -0.3 is 10.1 Å². The average molecular weight is 145 g/mol. The zero-order valence-corrected chi connectivity index (χ0v) is 6.81. The van der Waals surface area contributed by atoms with Gasteiger partial charge in [-0.2, -0.15) is 0 Å². The third kappa shape index (κ3) is 4.18. The number of carbonyl (C=O) groups is 1. The third-order valence-electron chi connectivity index (χ3n) is 1.40. The minimum absolute atomic E-state index is 0.347. The number of amides is 1. The molecule has 0 saturated heterocycles. The van der Waals surface area contributed by atoms with E-state index in [-0.39, 0.29) is 6.09 Å². The van der Waals surface area contributed by atoms with E-state index < -0.39 is 0 Å². The molecular weight excluding hydrogens is 130 g/mol. The van der Waals surface area contributed by atoms with Gasteiger partial charge in [0.05, 0.1) is 6.61 Å². The summed E-state index contributed by atoms with van der Waals surface area (Å²) in [5, 5.41) is 2.38. The van der Waals surface area contributed by atoms with E-state index in [9.17, 15) is 4.79 Å². The third-order valence-corrected chi connectivity index (χ3v) is 1.40. The van der Waals surface area contributed by atoms with Crippen LogP contribution in [0.5, 0.6) is 0 Å². The fourth-order valence-corrected chi connectivity index (χ4v) is 0.408. The van der Waals surface area contributed by atoms with Crippen molar-refractivity contribution in [1.29, 1.82) is 0 Å². The molecule has 0 rings (SSSR count). The van der Waals surface area contributed by atoms with Gasteiger partial charge in [0.2, 0.25) is 0 Å². The maximum Gasteiger partial charge on any atom is 0.406 e. The van der Waals surface area contributed by atoms with Crippen molar-refractivity contribution in [2.75, 3.05) is 13.7 Å². The molecule has 0 aliphatic heterocycles. The van der Waals surface area contributed by atoms with Gasteiger partial charge in [-0.1, -0.05) is 20.3 Å². The number of rotatable bonds is 3. The van der Waals surface area contributed by atoms with Crippen molar-refractivity contribution in [2.45, 2.75) is 20.3 Å². The van der Waals surface area contributed by atoms with Crippen molar-refractivity contribution in [2.24, 2.45) is 5.92 Å². The smallest absolute Gasteiger partial charge is 0.406 e. The van der Waals surface area contributed by atoms with Crippen molar-refractivity contribution >= 4 is 6.09 Å². The van der Waals surface area contributed by atoms with Crippen LogP contribution in [-0.2, 0) is 4.74 Å². The summed E-state index contributed by atoms with van der Waals surface area (Å²) in [6.07, 6.45) is 0.692. The lowest BCUT2D eigenvalue weighted by molar-refractivity contribution is 0.131. The van der Waals surface area contributed by atoms with Gasteiger partial charge in [0.1, 0.15) is 0 Å². The lowest BCUT2D eigenvalue weighted by Gasteiger charge is -2.08. The second kappa shape index (κ2) is 5.09. The summed E-state index contributed by atoms with van der Waals surface area (Å²) in [7, 11) is 1.55. The Balaban J connectivity index is 3.26. The molecule has 0 heterocycles. The zero-order valence-electron chi connectivity index (χ0n) is 6.81. The number of alkyl carbamates (subject to hydrolysis) is 1. The molecule has 3 nitrogen and oxygen atoms in total. The quantitative estimate of drug-likeness (QED) is 0.651. The molecule has 0 radical (unpaired) electrons. The van der Waals surface area contributed by atoms with Crippen molar-refractivity contribution in [3.05, 3.63) is 0 Å². The minimum Gasteiger partial charge on any atom is -0.449 e. The van der Waals surface area contributed by atoms with E-state index in [0.717, 1.165) is 6.42 Å². The molecule has 0 aliphatic rings. The average Bonchev–Trinajstić information content (AvgIpc) is 1.99. The van der Waals surface area contributed by atoms with Crippen LogP contribution in [0.4, 0.5) is 4.79 Å². The van der Waals surface area contributed by atoms with E-state index >= 15 is 0 Å². The highest BCUT2D eigenvalue weighted by atomic mass is 16.5. The molecule has 0 bridgehead atoms. The molecule has 1 atom stereocenters. The van der Waals surface area contributed by atoms with Crippen LogP contribution in [0, 0.1) is 5.92 Å². The summed E-state index contributed by atoms with van der Waals surface area (Å²) in [6, 6.07) is 0. The first-order chi connectivity index (χ1) is 4.70. The van der Waals surface area contributed by atoms with Gasteiger partial charge >= 0.3 is 6.09 Å². The van der Waals surface area contributed by atoms with Crippen LogP contribution in [0.15, 0.2) is 0 Å². The normalized spacial score (nSPS) is 12.3. The Kier molecular flexibility index (Phi) is 4.72. The monoisotopic (exact) mass is 145 g/mol. The summed E-state index contributed by atoms with van der Waals surface area (Å²) >= 11 is 0. The fraction of sp³-hybridized carbons (Fsp3) is 0.857. The molecule has 0 aromatic carbocycles. The van der Waals surface area contributed by atoms with Gasteiger partial charge in [0, 0.05) is 7.05 Å². The fourth-order valence-electron chi connectivity index (χ4n) is 0.408. The predicted octanol–water partition coefficient (Wildman–Crippen LogP) is 1.39. The largest absolute Gasteiger partial charge is 0.449 e. The molecule has 0 fully saturated rings. The van der Waals surface area contributed by atoms with Crippen LogP contribution in [0.2, 0.25) is 0 Å². The zero-order chi connectivity index (χ0) is 7.98. The summed E-state index contributed by atoms with van der Waals surface area (Å²) in [5.74, 6) is 0.456. The van der Waals surface area contributed by atoms with E-state index in [1.807, 2.05) is 6.92 Å². The first-order valence-corrected chi connectivity index (χ1v) is 3.55. The number of hydrogen-bond acceptors (Lipinski definition) is 2. The van der Waals surface area contributed by atoms with Crippen molar-refractivity contribution in [1.82, 2.24) is 5.32 Å². The molecule has 3 heteroatoms. The molecule has 1 unspecified atom stereocenters. The Labute approximate surface area is 61.8 Å². The molecule has 0 saturated carbocycles. The van der Waals surface area contributed by atoms with Crippen molar-refractivity contribution in [3.63, 3.8) is 0 Å². The van der Waals surface area contributed by atoms with Crippen molar-refractivity contribution in [3.8, 4) is 0 Å². The standard InChI is InChI=1S/C7H15NO2/c1-4-6(2)5-10-7(9)8-3/h6H,4-5H2,1-3H3,(H,8,9). The highest BCUT2D eigenvalue weighted by Gasteiger charge is 2.01. The first kappa shape index (κ1) is 9.27. The Morgan fingerprint density at radius 2 is 2.30 bits per heavy atom. The molecule has 1 N–H and O–H groups in total. The SMILES string of the molecule is CCC(C)COC(=O)NC. The van der Waals surface area contributed by atoms with E-state index in [1.165, 1.54) is 0 Å². The van der Waals surface area contributed by atoms with Crippen LogP contribution in [0.25, 0.3) is 0 Å². The second-order valence-electron chi connectivity index (χ2n) is 2.36. The predicted molar refractivity (Wildman–Crippen MR) is 39.9 cm³/mol. The first-order valence-electron chi connectivity index (χ1n) is 3.55. The molecule has 10 heavy (non-hydrogen) atoms. The minimum atomic E-state index is -0.347. The van der Waals surface area contributed by atoms with Crippen LogP contribution in [0.1, 0.15) is 20.3 Å². The Hall–Kier alpha value is -0.730. The van der Waals surface area contributed by atoms with Crippen LogP contribution >= 0.6 is 0 Å². The number of nitrogens with one attached hydrogen (secondary N) is 1. The number of carbonyl (C=O) groups excluding carboxylic acids is 1. The number of hydrogen-bond donors (Lipinski definition) is 1. The molecular formula is C7H15NO2. The van der Waals surface area contributed by atoms with Gasteiger partial charge in [-0.25, -0.2) is 4.79 Å². The molecule has 1 amide bonds.